The van der Waals surface area contributed by atoms with E-state index in [4.69, 9.17) is 5.73 Å². The Morgan fingerprint density at radius 1 is 1.59 bits per heavy atom. The second-order valence-corrected chi connectivity index (χ2v) is 4.26. The highest BCUT2D eigenvalue weighted by atomic mass is 32.2. The zero-order chi connectivity index (χ0) is 12.8. The number of carbonyl (C=O) groups excluding carboxylic acids is 1. The van der Waals surface area contributed by atoms with Crippen molar-refractivity contribution in [2.24, 2.45) is 0 Å². The van der Waals surface area contributed by atoms with E-state index in [-0.39, 0.29) is 10.8 Å². The maximum Gasteiger partial charge on any atom is 0.270 e. The van der Waals surface area contributed by atoms with Crippen LogP contribution in [0.15, 0.2) is 18.2 Å². The first-order chi connectivity index (χ1) is 8.00. The van der Waals surface area contributed by atoms with Gasteiger partial charge >= 0.3 is 0 Å². The normalized spacial score (nSPS) is 9.24. The highest BCUT2D eigenvalue weighted by molar-refractivity contribution is 8.13. The smallest absolute Gasteiger partial charge is 0.270 e. The second-order valence-electron chi connectivity index (χ2n) is 3.11. The first-order valence-electron chi connectivity index (χ1n) is 4.67. The third-order valence-electron chi connectivity index (χ3n) is 1.82. The van der Waals surface area contributed by atoms with E-state index < -0.39 is 4.92 Å². The molecule has 0 aliphatic rings. The number of anilines is 1. The fourth-order valence-electron chi connectivity index (χ4n) is 1.04. The van der Waals surface area contributed by atoms with Crippen LogP contribution in [0.5, 0.6) is 0 Å². The number of hydrogen-bond acceptors (Lipinski definition) is 5. The molecule has 1 aromatic carbocycles. The number of non-ortho nitro benzene ring substituents is 1. The lowest BCUT2D eigenvalue weighted by Crippen LogP contribution is -1.94. The average molecular weight is 250 g/mol. The Kier molecular flexibility index (Phi) is 4.55. The summed E-state index contributed by atoms with van der Waals surface area (Å²) in [7, 11) is 0. The molecule has 2 N–H and O–H groups in total. The fraction of sp³-hybridized carbons (Fsp3) is 0.182. The number of hydrogen-bond donors (Lipinski definition) is 1. The SMILES string of the molecule is CC(=O)SCC#Cc1cc([N+](=O)[O-])ccc1N. The van der Waals surface area contributed by atoms with Crippen molar-refractivity contribution in [2.45, 2.75) is 6.92 Å². The summed E-state index contributed by atoms with van der Waals surface area (Å²) in [5, 5.41) is 10.5. The third-order valence-corrected chi connectivity index (χ3v) is 2.51. The lowest BCUT2D eigenvalue weighted by atomic mass is 10.1. The maximum atomic E-state index is 10.6. The molecule has 0 aliphatic heterocycles. The molecule has 88 valence electrons. The molecule has 0 saturated heterocycles. The average Bonchev–Trinajstić information content (AvgIpc) is 2.25. The summed E-state index contributed by atoms with van der Waals surface area (Å²) >= 11 is 1.08. The fourth-order valence-corrected chi connectivity index (χ4v) is 1.38. The number of rotatable bonds is 2. The Labute approximate surface area is 103 Å². The van der Waals surface area contributed by atoms with Gasteiger partial charge in [-0.05, 0) is 6.07 Å². The molecule has 5 nitrogen and oxygen atoms in total. The van der Waals surface area contributed by atoms with Gasteiger partial charge in [-0.1, -0.05) is 23.6 Å². The van der Waals surface area contributed by atoms with Gasteiger partial charge in [-0.2, -0.15) is 0 Å². The van der Waals surface area contributed by atoms with Crippen molar-refractivity contribution in [3.8, 4) is 11.8 Å². The molecular weight excluding hydrogens is 240 g/mol. The molecule has 0 spiro atoms. The molecule has 0 aliphatic carbocycles. The van der Waals surface area contributed by atoms with Gasteiger partial charge in [0.15, 0.2) is 5.12 Å². The zero-order valence-corrected chi connectivity index (χ0v) is 9.91. The van der Waals surface area contributed by atoms with Gasteiger partial charge in [0.05, 0.1) is 16.2 Å². The summed E-state index contributed by atoms with van der Waals surface area (Å²) in [4.78, 5) is 20.7. The molecule has 6 heteroatoms. The molecule has 0 bridgehead atoms. The number of thioether (sulfide) groups is 1. The van der Waals surface area contributed by atoms with E-state index in [1.165, 1.54) is 25.1 Å². The van der Waals surface area contributed by atoms with Gasteiger partial charge in [0.25, 0.3) is 5.69 Å². The van der Waals surface area contributed by atoms with Crippen molar-refractivity contribution in [3.63, 3.8) is 0 Å². The first-order valence-corrected chi connectivity index (χ1v) is 5.65. The predicted molar refractivity (Wildman–Crippen MR) is 67.5 cm³/mol. The Bertz CT molecular complexity index is 517. The molecule has 1 rings (SSSR count). The van der Waals surface area contributed by atoms with E-state index in [0.29, 0.717) is 17.0 Å². The molecule has 0 aromatic heterocycles. The van der Waals surface area contributed by atoms with Crippen LogP contribution in [0.1, 0.15) is 12.5 Å². The van der Waals surface area contributed by atoms with Gasteiger partial charge in [-0.15, -0.1) is 0 Å². The monoisotopic (exact) mass is 250 g/mol. The summed E-state index contributed by atoms with van der Waals surface area (Å²) < 4.78 is 0. The molecule has 0 fully saturated rings. The van der Waals surface area contributed by atoms with Crippen molar-refractivity contribution in [1.82, 2.24) is 0 Å². The minimum atomic E-state index is -0.505. The van der Waals surface area contributed by atoms with E-state index in [1.807, 2.05) is 0 Å². The van der Waals surface area contributed by atoms with Gasteiger partial charge in [0.2, 0.25) is 0 Å². The highest BCUT2D eigenvalue weighted by Gasteiger charge is 2.07. The van der Waals surface area contributed by atoms with E-state index in [0.717, 1.165) is 11.8 Å². The summed E-state index contributed by atoms with van der Waals surface area (Å²) in [6.07, 6.45) is 0. The minimum Gasteiger partial charge on any atom is -0.398 e. The van der Waals surface area contributed by atoms with Crippen LogP contribution in [-0.4, -0.2) is 15.8 Å². The van der Waals surface area contributed by atoms with Crippen molar-refractivity contribution in [1.29, 1.82) is 0 Å². The number of benzene rings is 1. The summed E-state index contributed by atoms with van der Waals surface area (Å²) in [5.41, 5.74) is 6.37. The minimum absolute atomic E-state index is 0.0219. The number of nitro groups is 1. The van der Waals surface area contributed by atoms with Gasteiger partial charge in [-0.25, -0.2) is 0 Å². The van der Waals surface area contributed by atoms with Gasteiger partial charge in [0, 0.05) is 24.7 Å². The van der Waals surface area contributed by atoms with E-state index in [9.17, 15) is 14.9 Å². The topological polar surface area (TPSA) is 86.2 Å². The van der Waals surface area contributed by atoms with E-state index in [2.05, 4.69) is 11.8 Å². The second kappa shape index (κ2) is 5.92. The number of nitro benzene ring substituents is 1. The number of nitrogens with zero attached hydrogens (tertiary/aromatic N) is 1. The molecule has 17 heavy (non-hydrogen) atoms. The summed E-state index contributed by atoms with van der Waals surface area (Å²) in [6.45, 7) is 1.45. The molecule has 0 atom stereocenters. The Morgan fingerprint density at radius 3 is 2.88 bits per heavy atom. The third kappa shape index (κ3) is 4.17. The summed E-state index contributed by atoms with van der Waals surface area (Å²) in [5.74, 6) is 5.79. The Morgan fingerprint density at radius 2 is 2.29 bits per heavy atom. The predicted octanol–water partition coefficient (Wildman–Crippen LogP) is 1.81. The van der Waals surface area contributed by atoms with Crippen LogP contribution in [0, 0.1) is 22.0 Å². The van der Waals surface area contributed by atoms with E-state index >= 15 is 0 Å². The van der Waals surface area contributed by atoms with Crippen LogP contribution in [-0.2, 0) is 4.79 Å². The van der Waals surface area contributed by atoms with E-state index in [1.54, 1.807) is 0 Å². The van der Waals surface area contributed by atoms with Gasteiger partial charge in [-0.3, -0.25) is 14.9 Å². The number of carbonyl (C=O) groups is 1. The van der Waals surface area contributed by atoms with Crippen molar-refractivity contribution < 1.29 is 9.72 Å². The Hall–Kier alpha value is -2.00. The molecule has 1 aromatic rings. The lowest BCUT2D eigenvalue weighted by molar-refractivity contribution is -0.384. The maximum absolute atomic E-state index is 10.6. The highest BCUT2D eigenvalue weighted by Crippen LogP contribution is 2.18. The van der Waals surface area contributed by atoms with Crippen LogP contribution < -0.4 is 5.73 Å². The van der Waals surface area contributed by atoms with Crippen LogP contribution in [0.25, 0.3) is 0 Å². The largest absolute Gasteiger partial charge is 0.398 e. The molecule has 0 unspecified atom stereocenters. The van der Waals surface area contributed by atoms with Gasteiger partial charge in [0.1, 0.15) is 0 Å². The van der Waals surface area contributed by atoms with Crippen LogP contribution in [0.4, 0.5) is 11.4 Å². The first kappa shape index (κ1) is 13.1. The van der Waals surface area contributed by atoms with Crippen molar-refractivity contribution in [2.75, 3.05) is 11.5 Å². The molecule has 0 saturated carbocycles. The van der Waals surface area contributed by atoms with Crippen molar-refractivity contribution in [3.05, 3.63) is 33.9 Å². The van der Waals surface area contributed by atoms with Gasteiger partial charge < -0.3 is 5.73 Å². The molecule has 0 heterocycles. The number of nitrogens with two attached hydrogens (primary N) is 1. The van der Waals surface area contributed by atoms with Crippen LogP contribution in [0.2, 0.25) is 0 Å². The standard InChI is InChI=1S/C11H10N2O3S/c1-8(14)17-6-2-3-9-7-10(13(15)16)4-5-11(9)12/h4-5,7H,6,12H2,1H3. The number of nitrogen functional groups attached to an aromatic ring is 1. The summed E-state index contributed by atoms with van der Waals surface area (Å²) in [6, 6.07) is 4.09. The van der Waals surface area contributed by atoms with Crippen LogP contribution >= 0.6 is 11.8 Å². The van der Waals surface area contributed by atoms with Crippen molar-refractivity contribution >= 4 is 28.3 Å². The molecule has 0 amide bonds. The lowest BCUT2D eigenvalue weighted by Gasteiger charge is -1.97. The molecule has 0 radical (unpaired) electrons. The molecular formula is C11H10N2O3S. The van der Waals surface area contributed by atoms with Crippen LogP contribution in [0.3, 0.4) is 0 Å². The Balaban J connectivity index is 2.86. The quantitative estimate of drug-likeness (QED) is 0.374. The zero-order valence-electron chi connectivity index (χ0n) is 9.10.